The van der Waals surface area contributed by atoms with Crippen molar-refractivity contribution in [3.8, 4) is 5.69 Å². The molecule has 0 aliphatic carbocycles. The van der Waals surface area contributed by atoms with Gasteiger partial charge in [-0.2, -0.15) is 0 Å². The zero-order chi connectivity index (χ0) is 13.1. The Morgan fingerprint density at radius 1 is 1.39 bits per heavy atom. The van der Waals surface area contributed by atoms with Crippen molar-refractivity contribution in [2.24, 2.45) is 0 Å². The molecule has 2 aromatic rings. The summed E-state index contributed by atoms with van der Waals surface area (Å²) in [6, 6.07) is 6.93. The van der Waals surface area contributed by atoms with Crippen LogP contribution in [0.3, 0.4) is 0 Å². The second-order valence-electron chi connectivity index (χ2n) is 3.34. The highest BCUT2D eigenvalue weighted by Crippen LogP contribution is 2.23. The van der Waals surface area contributed by atoms with Crippen LogP contribution >= 0.6 is 23.4 Å². The molecule has 0 atom stereocenters. The average molecular weight is 285 g/mol. The minimum Gasteiger partial charge on any atom is -0.481 e. The van der Waals surface area contributed by atoms with Crippen LogP contribution in [0.1, 0.15) is 0 Å². The molecule has 0 unspecified atom stereocenters. The van der Waals surface area contributed by atoms with Crippen LogP contribution in [0.4, 0.5) is 5.95 Å². The standard InChI is InChI=1S/C10H9ClN4O2S/c11-6-1-3-7(4-2-6)15-9(12)13-14-10(15)18-5-8(16)17/h1-4H,5H2,(H2,12,13)(H,16,17). The number of nitrogens with two attached hydrogens (primary N) is 1. The molecule has 8 heteroatoms. The van der Waals surface area contributed by atoms with Gasteiger partial charge in [-0.25, -0.2) is 0 Å². The second kappa shape index (κ2) is 5.28. The van der Waals surface area contributed by atoms with Crippen molar-refractivity contribution in [1.29, 1.82) is 0 Å². The van der Waals surface area contributed by atoms with E-state index in [0.717, 1.165) is 17.4 Å². The number of hydrogen-bond acceptors (Lipinski definition) is 5. The normalized spacial score (nSPS) is 10.5. The molecule has 1 aromatic carbocycles. The Morgan fingerprint density at radius 2 is 2.06 bits per heavy atom. The van der Waals surface area contributed by atoms with Gasteiger partial charge >= 0.3 is 5.97 Å². The van der Waals surface area contributed by atoms with Crippen LogP contribution < -0.4 is 5.73 Å². The van der Waals surface area contributed by atoms with Crippen LogP contribution in [-0.2, 0) is 4.79 Å². The van der Waals surface area contributed by atoms with Gasteiger partial charge in [0, 0.05) is 5.02 Å². The van der Waals surface area contributed by atoms with E-state index in [1.165, 1.54) is 0 Å². The molecule has 3 N–H and O–H groups in total. The monoisotopic (exact) mass is 284 g/mol. The highest BCUT2D eigenvalue weighted by molar-refractivity contribution is 7.99. The van der Waals surface area contributed by atoms with Crippen molar-refractivity contribution in [2.75, 3.05) is 11.5 Å². The topological polar surface area (TPSA) is 94.0 Å². The molecular weight excluding hydrogens is 276 g/mol. The highest BCUT2D eigenvalue weighted by Gasteiger charge is 2.13. The quantitative estimate of drug-likeness (QED) is 0.830. The molecule has 0 aliphatic rings. The van der Waals surface area contributed by atoms with E-state index < -0.39 is 5.97 Å². The third-order valence-electron chi connectivity index (χ3n) is 2.07. The van der Waals surface area contributed by atoms with Gasteiger partial charge in [-0.05, 0) is 24.3 Å². The van der Waals surface area contributed by atoms with E-state index >= 15 is 0 Å². The Morgan fingerprint density at radius 3 is 2.67 bits per heavy atom. The summed E-state index contributed by atoms with van der Waals surface area (Å²) >= 11 is 6.85. The molecule has 18 heavy (non-hydrogen) atoms. The molecule has 1 heterocycles. The van der Waals surface area contributed by atoms with E-state index in [9.17, 15) is 4.79 Å². The van der Waals surface area contributed by atoms with Crippen molar-refractivity contribution in [2.45, 2.75) is 5.16 Å². The molecule has 0 fully saturated rings. The number of aromatic nitrogens is 3. The number of hydrogen-bond donors (Lipinski definition) is 2. The fraction of sp³-hybridized carbons (Fsp3) is 0.100. The molecule has 1 aromatic heterocycles. The van der Waals surface area contributed by atoms with Gasteiger partial charge in [0.2, 0.25) is 5.95 Å². The van der Waals surface area contributed by atoms with E-state index in [-0.39, 0.29) is 11.7 Å². The van der Waals surface area contributed by atoms with E-state index in [0.29, 0.717) is 10.2 Å². The molecule has 0 saturated carbocycles. The van der Waals surface area contributed by atoms with Crippen molar-refractivity contribution in [3.05, 3.63) is 29.3 Å². The van der Waals surface area contributed by atoms with Crippen molar-refractivity contribution in [3.63, 3.8) is 0 Å². The fourth-order valence-corrected chi connectivity index (χ4v) is 2.14. The zero-order valence-electron chi connectivity index (χ0n) is 9.08. The molecule has 0 aliphatic heterocycles. The Kier molecular flexibility index (Phi) is 3.73. The van der Waals surface area contributed by atoms with Crippen molar-refractivity contribution in [1.82, 2.24) is 14.8 Å². The average Bonchev–Trinajstić information content (AvgIpc) is 2.69. The molecule has 0 spiro atoms. The predicted molar refractivity (Wildman–Crippen MR) is 69.1 cm³/mol. The number of thioether (sulfide) groups is 1. The first-order valence-electron chi connectivity index (χ1n) is 4.89. The van der Waals surface area contributed by atoms with Crippen molar-refractivity contribution < 1.29 is 9.90 Å². The number of rotatable bonds is 4. The largest absolute Gasteiger partial charge is 0.481 e. The summed E-state index contributed by atoms with van der Waals surface area (Å²) in [5.41, 5.74) is 6.44. The molecule has 0 amide bonds. The van der Waals surface area contributed by atoms with Gasteiger partial charge in [0.15, 0.2) is 5.16 Å². The lowest BCUT2D eigenvalue weighted by atomic mass is 10.3. The number of carboxylic acids is 1. The maximum atomic E-state index is 10.5. The van der Waals surface area contributed by atoms with Gasteiger partial charge in [0.25, 0.3) is 0 Å². The molecule has 0 saturated heterocycles. The maximum Gasteiger partial charge on any atom is 0.313 e. The molecule has 0 bridgehead atoms. The minimum atomic E-state index is -0.927. The van der Waals surface area contributed by atoms with E-state index in [4.69, 9.17) is 22.4 Å². The molecule has 0 radical (unpaired) electrons. The number of nitrogen functional groups attached to an aromatic ring is 1. The Hall–Kier alpha value is -1.73. The highest BCUT2D eigenvalue weighted by atomic mass is 35.5. The third kappa shape index (κ3) is 2.74. The summed E-state index contributed by atoms with van der Waals surface area (Å²) in [5, 5.41) is 17.3. The fourth-order valence-electron chi connectivity index (χ4n) is 1.33. The van der Waals surface area contributed by atoms with Crippen LogP contribution in [0.5, 0.6) is 0 Å². The van der Waals surface area contributed by atoms with Gasteiger partial charge in [-0.15, -0.1) is 10.2 Å². The smallest absolute Gasteiger partial charge is 0.313 e. The summed E-state index contributed by atoms with van der Waals surface area (Å²) in [5.74, 6) is -0.833. The van der Waals surface area contributed by atoms with Crippen LogP contribution in [0.2, 0.25) is 5.02 Å². The second-order valence-corrected chi connectivity index (χ2v) is 4.71. The molecule has 6 nitrogen and oxygen atoms in total. The third-order valence-corrected chi connectivity index (χ3v) is 3.23. The van der Waals surface area contributed by atoms with E-state index in [1.807, 2.05) is 0 Å². The first-order chi connectivity index (χ1) is 8.58. The molecule has 94 valence electrons. The van der Waals surface area contributed by atoms with Gasteiger partial charge in [0.1, 0.15) is 0 Å². The summed E-state index contributed by atoms with van der Waals surface area (Å²) in [7, 11) is 0. The number of halogens is 1. The van der Waals surface area contributed by atoms with Crippen LogP contribution in [0.15, 0.2) is 29.4 Å². The van der Waals surface area contributed by atoms with Gasteiger partial charge < -0.3 is 10.8 Å². The number of benzene rings is 1. The summed E-state index contributed by atoms with van der Waals surface area (Å²) < 4.78 is 1.57. The SMILES string of the molecule is Nc1nnc(SCC(=O)O)n1-c1ccc(Cl)cc1. The lowest BCUT2D eigenvalue weighted by Gasteiger charge is -2.07. The molecule has 2 rings (SSSR count). The Labute approximate surface area is 112 Å². The first-order valence-corrected chi connectivity index (χ1v) is 6.25. The number of carboxylic acid groups (broad SMARTS) is 1. The van der Waals surface area contributed by atoms with Crippen LogP contribution in [0.25, 0.3) is 5.69 Å². The Bertz CT molecular complexity index is 570. The number of anilines is 1. The van der Waals surface area contributed by atoms with E-state index in [2.05, 4.69) is 10.2 Å². The number of aliphatic carboxylic acids is 1. The maximum absolute atomic E-state index is 10.5. The Balaban J connectivity index is 2.34. The van der Waals surface area contributed by atoms with Gasteiger partial charge in [-0.1, -0.05) is 23.4 Å². The van der Waals surface area contributed by atoms with E-state index in [1.54, 1.807) is 28.8 Å². The number of carbonyl (C=O) groups is 1. The van der Waals surface area contributed by atoms with Crippen LogP contribution in [-0.4, -0.2) is 31.6 Å². The minimum absolute atomic E-state index is 0.105. The summed E-state index contributed by atoms with van der Waals surface area (Å²) in [6.07, 6.45) is 0. The predicted octanol–water partition coefficient (Wildman–Crippen LogP) is 1.68. The van der Waals surface area contributed by atoms with Gasteiger partial charge in [-0.3, -0.25) is 9.36 Å². The lowest BCUT2D eigenvalue weighted by Crippen LogP contribution is -2.04. The summed E-state index contributed by atoms with van der Waals surface area (Å²) in [4.78, 5) is 10.5. The van der Waals surface area contributed by atoms with Crippen LogP contribution in [0, 0.1) is 0 Å². The first kappa shape index (κ1) is 12.7. The molecular formula is C10H9ClN4O2S. The summed E-state index contributed by atoms with van der Waals surface area (Å²) in [6.45, 7) is 0. The lowest BCUT2D eigenvalue weighted by molar-refractivity contribution is -0.133. The van der Waals surface area contributed by atoms with Gasteiger partial charge in [0.05, 0.1) is 11.4 Å². The number of nitrogens with zero attached hydrogens (tertiary/aromatic N) is 3. The van der Waals surface area contributed by atoms with Crippen molar-refractivity contribution >= 4 is 35.3 Å². The zero-order valence-corrected chi connectivity index (χ0v) is 10.6.